The van der Waals surface area contributed by atoms with Crippen molar-refractivity contribution in [2.24, 2.45) is 11.1 Å². The molecule has 0 spiro atoms. The third-order valence-corrected chi connectivity index (χ3v) is 4.01. The van der Waals surface area contributed by atoms with Gasteiger partial charge in [-0.3, -0.25) is 0 Å². The fraction of sp³-hybridized carbons (Fsp3) is 0.562. The van der Waals surface area contributed by atoms with Crippen molar-refractivity contribution in [3.63, 3.8) is 0 Å². The van der Waals surface area contributed by atoms with Crippen molar-refractivity contribution in [2.75, 3.05) is 13.7 Å². The molecule has 1 unspecified atom stereocenters. The Bertz CT molecular complexity index is 548. The van der Waals surface area contributed by atoms with E-state index in [-0.39, 0.29) is 11.5 Å². The Morgan fingerprint density at radius 3 is 2.71 bits per heavy atom. The van der Waals surface area contributed by atoms with Gasteiger partial charge in [0.1, 0.15) is 0 Å². The summed E-state index contributed by atoms with van der Waals surface area (Å²) in [4.78, 5) is 0. The lowest BCUT2D eigenvalue weighted by molar-refractivity contribution is 0.224. The van der Waals surface area contributed by atoms with E-state index in [4.69, 9.17) is 32.1 Å². The SMILES string of the molecule is COc1cc(Cl)cc(CC(C)N)c1OCC1(CC#N)CC1. The first-order valence-electron chi connectivity index (χ1n) is 7.11. The van der Waals surface area contributed by atoms with Crippen molar-refractivity contribution < 1.29 is 9.47 Å². The van der Waals surface area contributed by atoms with E-state index in [0.29, 0.717) is 36.0 Å². The van der Waals surface area contributed by atoms with Crippen molar-refractivity contribution in [1.29, 1.82) is 5.26 Å². The molecule has 2 N–H and O–H groups in total. The van der Waals surface area contributed by atoms with Gasteiger partial charge in [-0.1, -0.05) is 11.6 Å². The molecule has 0 radical (unpaired) electrons. The third kappa shape index (κ3) is 4.03. The quantitative estimate of drug-likeness (QED) is 0.839. The standard InChI is InChI=1S/C16H21ClN2O2/c1-11(19)7-12-8-13(17)9-14(20-2)15(12)21-10-16(3-4-16)5-6-18/h8-9,11H,3-5,7,10,19H2,1-2H3. The lowest BCUT2D eigenvalue weighted by atomic mass is 10.0. The van der Waals surface area contributed by atoms with Crippen LogP contribution in [0.1, 0.15) is 31.7 Å². The van der Waals surface area contributed by atoms with Crippen molar-refractivity contribution in [1.82, 2.24) is 0 Å². The number of halogens is 1. The van der Waals surface area contributed by atoms with E-state index in [0.717, 1.165) is 18.4 Å². The fourth-order valence-electron chi connectivity index (χ4n) is 2.38. The summed E-state index contributed by atoms with van der Waals surface area (Å²) >= 11 is 6.12. The van der Waals surface area contributed by atoms with E-state index >= 15 is 0 Å². The molecular weight excluding hydrogens is 288 g/mol. The van der Waals surface area contributed by atoms with Crippen LogP contribution in [0.15, 0.2) is 12.1 Å². The molecule has 114 valence electrons. The molecule has 1 atom stereocenters. The number of benzene rings is 1. The smallest absolute Gasteiger partial charge is 0.164 e. The Labute approximate surface area is 130 Å². The number of hydrogen-bond donors (Lipinski definition) is 1. The van der Waals surface area contributed by atoms with Crippen LogP contribution in [0.5, 0.6) is 11.5 Å². The highest BCUT2D eigenvalue weighted by molar-refractivity contribution is 6.30. The zero-order valence-electron chi connectivity index (χ0n) is 12.5. The van der Waals surface area contributed by atoms with E-state index in [1.165, 1.54) is 0 Å². The minimum absolute atomic E-state index is 0.00418. The molecule has 0 saturated heterocycles. The number of nitriles is 1. The Hall–Kier alpha value is -1.44. The highest BCUT2D eigenvalue weighted by Gasteiger charge is 2.43. The van der Waals surface area contributed by atoms with Gasteiger partial charge in [0.2, 0.25) is 0 Å². The summed E-state index contributed by atoms with van der Waals surface area (Å²) in [5, 5.41) is 9.49. The van der Waals surface area contributed by atoms with Gasteiger partial charge in [0.15, 0.2) is 11.5 Å². The zero-order chi connectivity index (χ0) is 15.5. The van der Waals surface area contributed by atoms with Crippen LogP contribution < -0.4 is 15.2 Å². The maximum absolute atomic E-state index is 8.89. The molecule has 21 heavy (non-hydrogen) atoms. The second-order valence-corrected chi connectivity index (χ2v) is 6.34. The highest BCUT2D eigenvalue weighted by Crippen LogP contribution is 2.49. The summed E-state index contributed by atoms with van der Waals surface area (Å²) in [6.07, 6.45) is 3.28. The van der Waals surface area contributed by atoms with E-state index in [1.54, 1.807) is 13.2 Å². The van der Waals surface area contributed by atoms with Crippen LogP contribution in [-0.2, 0) is 6.42 Å². The second-order valence-electron chi connectivity index (χ2n) is 5.90. The van der Waals surface area contributed by atoms with Gasteiger partial charge in [-0.25, -0.2) is 0 Å². The van der Waals surface area contributed by atoms with Crippen molar-refractivity contribution >= 4 is 11.6 Å². The Kier molecular flexibility index (Phi) is 4.97. The van der Waals surface area contributed by atoms with E-state index < -0.39 is 0 Å². The molecule has 4 nitrogen and oxygen atoms in total. The molecule has 0 aromatic heterocycles. The Morgan fingerprint density at radius 2 is 2.19 bits per heavy atom. The van der Waals surface area contributed by atoms with Gasteiger partial charge in [-0.15, -0.1) is 0 Å². The molecule has 1 aliphatic rings. The number of ether oxygens (including phenoxy) is 2. The third-order valence-electron chi connectivity index (χ3n) is 3.79. The molecular formula is C16H21ClN2O2. The molecule has 1 aromatic carbocycles. The van der Waals surface area contributed by atoms with Gasteiger partial charge in [-0.05, 0) is 32.3 Å². The maximum atomic E-state index is 8.89. The van der Waals surface area contributed by atoms with Crippen molar-refractivity contribution in [2.45, 2.75) is 38.6 Å². The summed E-state index contributed by atoms with van der Waals surface area (Å²) in [5.74, 6) is 1.31. The summed E-state index contributed by atoms with van der Waals surface area (Å²) in [5.41, 5.74) is 6.86. The summed E-state index contributed by atoms with van der Waals surface area (Å²) in [6.45, 7) is 2.47. The van der Waals surface area contributed by atoms with Crippen LogP contribution >= 0.6 is 11.6 Å². The van der Waals surface area contributed by atoms with Crippen molar-refractivity contribution in [3.8, 4) is 17.6 Å². The molecule has 5 heteroatoms. The molecule has 1 aliphatic carbocycles. The molecule has 0 aliphatic heterocycles. The lowest BCUT2D eigenvalue weighted by Crippen LogP contribution is -2.19. The second kappa shape index (κ2) is 6.55. The van der Waals surface area contributed by atoms with Crippen molar-refractivity contribution in [3.05, 3.63) is 22.7 Å². The highest BCUT2D eigenvalue weighted by atomic mass is 35.5. The number of rotatable bonds is 7. The first kappa shape index (κ1) is 15.9. The average molecular weight is 309 g/mol. The first-order valence-corrected chi connectivity index (χ1v) is 7.49. The van der Waals surface area contributed by atoms with Gasteiger partial charge in [0, 0.05) is 34.5 Å². The number of nitrogens with zero attached hydrogens (tertiary/aromatic N) is 1. The molecule has 1 fully saturated rings. The minimum atomic E-state index is 0.00418. The zero-order valence-corrected chi connectivity index (χ0v) is 13.2. The van der Waals surface area contributed by atoms with Gasteiger partial charge in [-0.2, -0.15) is 5.26 Å². The van der Waals surface area contributed by atoms with E-state index in [2.05, 4.69) is 6.07 Å². The van der Waals surface area contributed by atoms with Gasteiger partial charge in [0.05, 0.1) is 19.8 Å². The van der Waals surface area contributed by atoms with Crippen LogP contribution in [0.25, 0.3) is 0 Å². The summed E-state index contributed by atoms with van der Waals surface area (Å²) in [6, 6.07) is 5.85. The monoisotopic (exact) mass is 308 g/mol. The van der Waals surface area contributed by atoms with Gasteiger partial charge < -0.3 is 15.2 Å². The largest absolute Gasteiger partial charge is 0.493 e. The number of nitrogens with two attached hydrogens (primary N) is 1. The molecule has 0 bridgehead atoms. The maximum Gasteiger partial charge on any atom is 0.164 e. The van der Waals surface area contributed by atoms with Crippen LogP contribution in [0.3, 0.4) is 0 Å². The topological polar surface area (TPSA) is 68.3 Å². The summed E-state index contributed by atoms with van der Waals surface area (Å²) in [7, 11) is 1.59. The predicted octanol–water partition coefficient (Wildman–Crippen LogP) is 3.31. The van der Waals surface area contributed by atoms with Crippen LogP contribution in [0.4, 0.5) is 0 Å². The predicted molar refractivity (Wildman–Crippen MR) is 82.7 cm³/mol. The minimum Gasteiger partial charge on any atom is -0.493 e. The van der Waals surface area contributed by atoms with Crippen LogP contribution in [-0.4, -0.2) is 19.8 Å². The van der Waals surface area contributed by atoms with Crippen LogP contribution in [0.2, 0.25) is 5.02 Å². The van der Waals surface area contributed by atoms with Gasteiger partial charge in [0.25, 0.3) is 0 Å². The number of methoxy groups -OCH3 is 1. The molecule has 1 aromatic rings. The average Bonchev–Trinajstić information content (AvgIpc) is 3.16. The van der Waals surface area contributed by atoms with E-state index in [9.17, 15) is 0 Å². The molecule has 0 heterocycles. The number of hydrogen-bond acceptors (Lipinski definition) is 4. The van der Waals surface area contributed by atoms with Crippen LogP contribution in [0, 0.1) is 16.7 Å². The Morgan fingerprint density at radius 1 is 1.48 bits per heavy atom. The molecule has 0 amide bonds. The van der Waals surface area contributed by atoms with Gasteiger partial charge >= 0.3 is 0 Å². The summed E-state index contributed by atoms with van der Waals surface area (Å²) < 4.78 is 11.4. The molecule has 2 rings (SSSR count). The fourth-order valence-corrected chi connectivity index (χ4v) is 2.61. The first-order chi connectivity index (χ1) is 9.99. The Balaban J connectivity index is 2.21. The van der Waals surface area contributed by atoms with E-state index in [1.807, 2.05) is 13.0 Å². The normalized spacial score (nSPS) is 16.9. The lowest BCUT2D eigenvalue weighted by Gasteiger charge is -2.19. The molecule has 1 saturated carbocycles.